The number of hydrogen-bond acceptors (Lipinski definition) is 2. The Morgan fingerprint density at radius 3 is 1.80 bits per heavy atom. The van der Waals surface area contributed by atoms with Crippen molar-refractivity contribution >= 4 is 0 Å². The monoisotopic (exact) mass is 282 g/mol. The lowest BCUT2D eigenvalue weighted by Gasteiger charge is -2.09. The van der Waals surface area contributed by atoms with E-state index in [9.17, 15) is 13.2 Å². The molecule has 0 aliphatic carbocycles. The molecule has 0 bridgehead atoms. The fraction of sp³-hybridized carbons (Fsp3) is 0.200. The summed E-state index contributed by atoms with van der Waals surface area (Å²) < 4.78 is 42.7. The molecule has 106 valence electrons. The highest BCUT2D eigenvalue weighted by Gasteiger charge is 2.30. The molecule has 0 saturated heterocycles. The first-order valence-electron chi connectivity index (χ1n) is 6.04. The summed E-state index contributed by atoms with van der Waals surface area (Å²) in [6.07, 6.45) is -3.79. The lowest BCUT2D eigenvalue weighted by atomic mass is 10.1. The van der Waals surface area contributed by atoms with Crippen molar-refractivity contribution in [2.45, 2.75) is 12.6 Å². The summed E-state index contributed by atoms with van der Waals surface area (Å²) in [5.74, 6) is 0.874. The highest BCUT2D eigenvalue weighted by atomic mass is 19.4. The lowest BCUT2D eigenvalue weighted by molar-refractivity contribution is -0.137. The van der Waals surface area contributed by atoms with Gasteiger partial charge in [0.15, 0.2) is 0 Å². The van der Waals surface area contributed by atoms with E-state index in [-0.39, 0.29) is 6.61 Å². The number of ether oxygens (including phenoxy) is 1. The Kier molecular flexibility index (Phi) is 4.29. The Morgan fingerprint density at radius 1 is 0.850 bits per heavy atom. The minimum Gasteiger partial charge on any atom is -0.457 e. The maximum Gasteiger partial charge on any atom is 0.416 e. The van der Waals surface area contributed by atoms with Crippen molar-refractivity contribution in [3.63, 3.8) is 0 Å². The number of alkyl halides is 3. The highest BCUT2D eigenvalue weighted by Crippen LogP contribution is 2.31. The topological polar surface area (TPSA) is 29.5 Å². The summed E-state index contributed by atoms with van der Waals surface area (Å²) in [4.78, 5) is 0. The second-order valence-electron chi connectivity index (χ2n) is 4.24. The van der Waals surface area contributed by atoms with E-state index in [4.69, 9.17) is 9.84 Å². The van der Waals surface area contributed by atoms with Crippen LogP contribution in [-0.2, 0) is 12.6 Å². The smallest absolute Gasteiger partial charge is 0.416 e. The predicted molar refractivity (Wildman–Crippen MR) is 68.7 cm³/mol. The first-order valence-corrected chi connectivity index (χ1v) is 6.04. The lowest BCUT2D eigenvalue weighted by Crippen LogP contribution is -2.03. The van der Waals surface area contributed by atoms with Crippen LogP contribution < -0.4 is 4.74 Å². The molecular formula is C15H13F3O2. The standard InChI is InChI=1S/C15H13F3O2/c16-15(17,18)12-3-7-14(8-4-12)20-13-5-1-11(2-6-13)9-10-19/h1-8,19H,9-10H2. The molecule has 2 aromatic rings. The molecule has 1 N–H and O–H groups in total. The third-order valence-electron chi connectivity index (χ3n) is 2.74. The van der Waals surface area contributed by atoms with Crippen molar-refractivity contribution in [3.8, 4) is 11.5 Å². The Morgan fingerprint density at radius 2 is 1.35 bits per heavy atom. The summed E-state index contributed by atoms with van der Waals surface area (Å²) in [7, 11) is 0. The van der Waals surface area contributed by atoms with Crippen molar-refractivity contribution in [2.75, 3.05) is 6.61 Å². The molecule has 2 nitrogen and oxygen atoms in total. The van der Waals surface area contributed by atoms with E-state index in [2.05, 4.69) is 0 Å². The predicted octanol–water partition coefficient (Wildman–Crippen LogP) is 4.03. The van der Waals surface area contributed by atoms with Crippen LogP contribution in [0.2, 0.25) is 0 Å². The van der Waals surface area contributed by atoms with Crippen LogP contribution in [0.4, 0.5) is 13.2 Å². The van der Waals surface area contributed by atoms with Crippen molar-refractivity contribution in [1.29, 1.82) is 0 Å². The molecule has 0 aliphatic rings. The highest BCUT2D eigenvalue weighted by molar-refractivity contribution is 5.35. The van der Waals surface area contributed by atoms with Gasteiger partial charge in [0.1, 0.15) is 11.5 Å². The molecule has 0 radical (unpaired) electrons. The largest absolute Gasteiger partial charge is 0.457 e. The zero-order valence-electron chi connectivity index (χ0n) is 10.5. The van der Waals surface area contributed by atoms with E-state index in [0.717, 1.165) is 17.7 Å². The fourth-order valence-corrected chi connectivity index (χ4v) is 1.70. The van der Waals surface area contributed by atoms with Gasteiger partial charge in [-0.05, 0) is 48.4 Å². The third kappa shape index (κ3) is 3.74. The summed E-state index contributed by atoms with van der Waals surface area (Å²) in [6.45, 7) is 0.0686. The SMILES string of the molecule is OCCc1ccc(Oc2ccc(C(F)(F)F)cc2)cc1. The normalized spacial score (nSPS) is 11.4. The Balaban J connectivity index is 2.06. The Hall–Kier alpha value is -2.01. The van der Waals surface area contributed by atoms with Gasteiger partial charge in [-0.25, -0.2) is 0 Å². The van der Waals surface area contributed by atoms with Crippen molar-refractivity contribution in [1.82, 2.24) is 0 Å². The summed E-state index contributed by atoms with van der Waals surface area (Å²) in [5, 5.41) is 8.79. The van der Waals surface area contributed by atoms with E-state index >= 15 is 0 Å². The van der Waals surface area contributed by atoms with Crippen LogP contribution in [0.25, 0.3) is 0 Å². The third-order valence-corrected chi connectivity index (χ3v) is 2.74. The minimum absolute atomic E-state index is 0.0686. The van der Waals surface area contributed by atoms with E-state index in [1.807, 2.05) is 0 Å². The number of rotatable bonds is 4. The van der Waals surface area contributed by atoms with Crippen LogP contribution in [0.3, 0.4) is 0 Å². The molecule has 5 heteroatoms. The average Bonchev–Trinajstić information content (AvgIpc) is 2.41. The molecule has 0 aliphatic heterocycles. The molecule has 0 atom stereocenters. The zero-order chi connectivity index (χ0) is 14.6. The van der Waals surface area contributed by atoms with Crippen LogP contribution in [0.5, 0.6) is 11.5 Å². The van der Waals surface area contributed by atoms with Crippen LogP contribution in [0, 0.1) is 0 Å². The number of aliphatic hydroxyl groups excluding tert-OH is 1. The van der Waals surface area contributed by atoms with E-state index in [1.54, 1.807) is 24.3 Å². The maximum atomic E-state index is 12.4. The van der Waals surface area contributed by atoms with Gasteiger partial charge >= 0.3 is 6.18 Å². The van der Waals surface area contributed by atoms with Gasteiger partial charge in [-0.1, -0.05) is 12.1 Å². The van der Waals surface area contributed by atoms with Crippen LogP contribution in [0.15, 0.2) is 48.5 Å². The van der Waals surface area contributed by atoms with E-state index in [1.165, 1.54) is 12.1 Å². The summed E-state index contributed by atoms with van der Waals surface area (Å²) >= 11 is 0. The van der Waals surface area contributed by atoms with Crippen LogP contribution >= 0.6 is 0 Å². The quantitative estimate of drug-likeness (QED) is 0.917. The van der Waals surface area contributed by atoms with Gasteiger partial charge in [-0.15, -0.1) is 0 Å². The molecule has 2 rings (SSSR count). The van der Waals surface area contributed by atoms with Gasteiger partial charge in [-0.2, -0.15) is 13.2 Å². The Labute approximate surface area is 114 Å². The second-order valence-corrected chi connectivity index (χ2v) is 4.24. The van der Waals surface area contributed by atoms with E-state index < -0.39 is 11.7 Å². The summed E-state index contributed by atoms with van der Waals surface area (Å²) in [5.41, 5.74) is 0.260. The molecule has 2 aromatic carbocycles. The molecule has 0 heterocycles. The van der Waals surface area contributed by atoms with Crippen molar-refractivity contribution < 1.29 is 23.0 Å². The first-order chi connectivity index (χ1) is 9.49. The van der Waals surface area contributed by atoms with Crippen LogP contribution in [-0.4, -0.2) is 11.7 Å². The van der Waals surface area contributed by atoms with Crippen molar-refractivity contribution in [3.05, 3.63) is 59.7 Å². The van der Waals surface area contributed by atoms with Crippen molar-refractivity contribution in [2.24, 2.45) is 0 Å². The Bertz CT molecular complexity index is 545. The van der Waals surface area contributed by atoms with Gasteiger partial charge in [0.25, 0.3) is 0 Å². The molecule has 0 amide bonds. The molecule has 0 fully saturated rings. The van der Waals surface area contributed by atoms with E-state index in [0.29, 0.717) is 17.9 Å². The van der Waals surface area contributed by atoms with Gasteiger partial charge in [0, 0.05) is 6.61 Å². The van der Waals surface area contributed by atoms with Gasteiger partial charge < -0.3 is 9.84 Å². The number of halogens is 3. The molecule has 0 saturated carbocycles. The molecule has 0 spiro atoms. The summed E-state index contributed by atoms with van der Waals surface area (Å²) in [6, 6.07) is 11.6. The maximum absolute atomic E-state index is 12.4. The first kappa shape index (κ1) is 14.4. The molecule has 0 unspecified atom stereocenters. The molecule has 0 aromatic heterocycles. The van der Waals surface area contributed by atoms with Crippen LogP contribution in [0.1, 0.15) is 11.1 Å². The minimum atomic E-state index is -4.34. The zero-order valence-corrected chi connectivity index (χ0v) is 10.5. The van der Waals surface area contributed by atoms with Gasteiger partial charge in [0.05, 0.1) is 5.56 Å². The van der Waals surface area contributed by atoms with Gasteiger partial charge in [0.2, 0.25) is 0 Å². The number of hydrogen-bond donors (Lipinski definition) is 1. The molecule has 20 heavy (non-hydrogen) atoms. The van der Waals surface area contributed by atoms with Gasteiger partial charge in [-0.3, -0.25) is 0 Å². The second kappa shape index (κ2) is 5.96. The average molecular weight is 282 g/mol. The molecular weight excluding hydrogens is 269 g/mol. The number of aliphatic hydroxyl groups is 1. The number of benzene rings is 2. The fourth-order valence-electron chi connectivity index (χ4n) is 1.70.